The Bertz CT molecular complexity index is 206. The van der Waals surface area contributed by atoms with E-state index >= 15 is 0 Å². The maximum absolute atomic E-state index is 12.2. The van der Waals surface area contributed by atoms with Crippen molar-refractivity contribution < 1.29 is 4.21 Å². The topological polar surface area (TPSA) is 29.1 Å². The van der Waals surface area contributed by atoms with Gasteiger partial charge in [-0.25, -0.2) is 0 Å². The molecule has 0 aromatic carbocycles. The zero-order valence-corrected chi connectivity index (χ0v) is 11.1. The average Bonchev–Trinajstić information content (AvgIpc) is 2.28. The van der Waals surface area contributed by atoms with Crippen molar-refractivity contribution in [2.45, 2.75) is 69.4 Å². The number of hydrogen-bond acceptors (Lipinski definition) is 2. The van der Waals surface area contributed by atoms with Gasteiger partial charge in [-0.1, -0.05) is 27.2 Å². The molecule has 3 heteroatoms. The van der Waals surface area contributed by atoms with Gasteiger partial charge in [-0.3, -0.25) is 4.21 Å². The highest BCUT2D eigenvalue weighted by molar-refractivity contribution is 7.86. The van der Waals surface area contributed by atoms with Crippen molar-refractivity contribution >= 4 is 10.8 Å². The van der Waals surface area contributed by atoms with Crippen LogP contribution in [0.5, 0.6) is 0 Å². The van der Waals surface area contributed by atoms with Crippen LogP contribution in [0.15, 0.2) is 0 Å². The third kappa shape index (κ3) is 3.87. The first-order valence-electron chi connectivity index (χ1n) is 6.31. The molecular formula is C12H25NOS. The van der Waals surface area contributed by atoms with Gasteiger partial charge in [0.25, 0.3) is 0 Å². The van der Waals surface area contributed by atoms with E-state index in [4.69, 9.17) is 0 Å². The Morgan fingerprint density at radius 3 is 2.73 bits per heavy atom. The van der Waals surface area contributed by atoms with Crippen molar-refractivity contribution in [3.8, 4) is 0 Å². The highest BCUT2D eigenvalue weighted by atomic mass is 32.2. The van der Waals surface area contributed by atoms with Crippen LogP contribution in [0, 0.1) is 0 Å². The standard InChI is InChI=1S/C12H25NOS/c1-4-10(3)15(14)12-8-6-7-11(9-12)13-5-2/h10-13H,4-9H2,1-3H3. The zero-order chi connectivity index (χ0) is 11.3. The van der Waals surface area contributed by atoms with Crippen molar-refractivity contribution in [2.24, 2.45) is 0 Å². The van der Waals surface area contributed by atoms with Crippen molar-refractivity contribution in [3.05, 3.63) is 0 Å². The summed E-state index contributed by atoms with van der Waals surface area (Å²) < 4.78 is 12.2. The molecule has 1 N–H and O–H groups in total. The van der Waals surface area contributed by atoms with Gasteiger partial charge in [-0.15, -0.1) is 0 Å². The molecule has 0 spiro atoms. The second kappa shape index (κ2) is 6.64. The SMILES string of the molecule is CCNC1CCCC(S(=O)C(C)CC)C1. The normalized spacial score (nSPS) is 31.1. The Hall–Kier alpha value is 0.110. The summed E-state index contributed by atoms with van der Waals surface area (Å²) in [5.41, 5.74) is 0. The maximum atomic E-state index is 12.2. The quantitative estimate of drug-likeness (QED) is 0.787. The smallest absolute Gasteiger partial charge is 0.0365 e. The van der Waals surface area contributed by atoms with E-state index < -0.39 is 10.8 Å². The minimum Gasteiger partial charge on any atom is -0.314 e. The van der Waals surface area contributed by atoms with Gasteiger partial charge in [0.2, 0.25) is 0 Å². The molecule has 4 unspecified atom stereocenters. The number of nitrogens with one attached hydrogen (secondary N) is 1. The van der Waals surface area contributed by atoms with Gasteiger partial charge in [0.1, 0.15) is 0 Å². The van der Waals surface area contributed by atoms with Crippen LogP contribution < -0.4 is 5.32 Å². The first-order valence-corrected chi connectivity index (χ1v) is 7.59. The van der Waals surface area contributed by atoms with Crippen LogP contribution in [0.1, 0.15) is 52.9 Å². The zero-order valence-electron chi connectivity index (χ0n) is 10.3. The van der Waals surface area contributed by atoms with Crippen molar-refractivity contribution in [2.75, 3.05) is 6.54 Å². The first-order chi connectivity index (χ1) is 7.19. The Balaban J connectivity index is 2.44. The minimum atomic E-state index is -0.616. The molecule has 0 aromatic rings. The fraction of sp³-hybridized carbons (Fsp3) is 1.00. The molecule has 0 amide bonds. The lowest BCUT2D eigenvalue weighted by molar-refractivity contribution is 0.383. The highest BCUT2D eigenvalue weighted by Gasteiger charge is 2.27. The van der Waals surface area contributed by atoms with E-state index in [0.717, 1.165) is 19.4 Å². The van der Waals surface area contributed by atoms with Gasteiger partial charge < -0.3 is 5.32 Å². The lowest BCUT2D eigenvalue weighted by Gasteiger charge is -2.30. The summed E-state index contributed by atoms with van der Waals surface area (Å²) in [7, 11) is -0.616. The molecule has 90 valence electrons. The molecule has 0 bridgehead atoms. The molecule has 1 aliphatic rings. The molecular weight excluding hydrogens is 206 g/mol. The summed E-state index contributed by atoms with van der Waals surface area (Å²) in [6, 6.07) is 0.613. The molecule has 1 aliphatic carbocycles. The lowest BCUT2D eigenvalue weighted by Crippen LogP contribution is -2.39. The van der Waals surface area contributed by atoms with Crippen LogP contribution >= 0.6 is 0 Å². The van der Waals surface area contributed by atoms with E-state index in [0.29, 0.717) is 16.5 Å². The van der Waals surface area contributed by atoms with E-state index in [1.807, 2.05) is 0 Å². The first kappa shape index (κ1) is 13.2. The monoisotopic (exact) mass is 231 g/mol. The third-order valence-electron chi connectivity index (χ3n) is 3.42. The molecule has 1 rings (SSSR count). The predicted molar refractivity (Wildman–Crippen MR) is 67.6 cm³/mol. The van der Waals surface area contributed by atoms with Gasteiger partial charge in [0.15, 0.2) is 0 Å². The van der Waals surface area contributed by atoms with Crippen LogP contribution in [0.25, 0.3) is 0 Å². The molecule has 4 atom stereocenters. The molecule has 0 radical (unpaired) electrons. The second-order valence-corrected chi connectivity index (χ2v) is 6.72. The Kier molecular flexibility index (Phi) is 5.83. The molecule has 1 saturated carbocycles. The third-order valence-corrected chi connectivity index (χ3v) is 5.63. The number of hydrogen-bond donors (Lipinski definition) is 1. The van der Waals surface area contributed by atoms with Crippen molar-refractivity contribution in [1.82, 2.24) is 5.32 Å². The van der Waals surface area contributed by atoms with Gasteiger partial charge in [-0.2, -0.15) is 0 Å². The molecule has 1 fully saturated rings. The molecule has 0 heterocycles. The van der Waals surface area contributed by atoms with Crippen LogP contribution in [0.2, 0.25) is 0 Å². The van der Waals surface area contributed by atoms with Crippen LogP contribution in [-0.4, -0.2) is 27.3 Å². The number of rotatable bonds is 5. The van der Waals surface area contributed by atoms with E-state index in [1.165, 1.54) is 19.3 Å². The molecule has 0 aromatic heterocycles. The largest absolute Gasteiger partial charge is 0.314 e. The van der Waals surface area contributed by atoms with Gasteiger partial charge in [-0.05, 0) is 32.2 Å². The Morgan fingerprint density at radius 1 is 1.40 bits per heavy atom. The van der Waals surface area contributed by atoms with Crippen LogP contribution in [0.4, 0.5) is 0 Å². The van der Waals surface area contributed by atoms with Crippen LogP contribution in [0.3, 0.4) is 0 Å². The van der Waals surface area contributed by atoms with E-state index in [2.05, 4.69) is 26.1 Å². The predicted octanol–water partition coefficient (Wildman–Crippen LogP) is 2.45. The highest BCUT2D eigenvalue weighted by Crippen LogP contribution is 2.25. The summed E-state index contributed by atoms with van der Waals surface area (Å²) in [6.45, 7) is 7.43. The summed E-state index contributed by atoms with van der Waals surface area (Å²) >= 11 is 0. The van der Waals surface area contributed by atoms with E-state index in [9.17, 15) is 4.21 Å². The lowest BCUT2D eigenvalue weighted by atomic mass is 9.95. The molecule has 0 saturated heterocycles. The van der Waals surface area contributed by atoms with Crippen LogP contribution in [-0.2, 0) is 10.8 Å². The fourth-order valence-electron chi connectivity index (χ4n) is 2.32. The molecule has 15 heavy (non-hydrogen) atoms. The molecule has 2 nitrogen and oxygen atoms in total. The minimum absolute atomic E-state index is 0.371. The average molecular weight is 231 g/mol. The summed E-state index contributed by atoms with van der Waals surface area (Å²) in [5, 5.41) is 4.30. The fourth-order valence-corrected chi connectivity index (χ4v) is 4.13. The Labute approximate surface area is 96.7 Å². The molecule has 0 aliphatic heterocycles. The van der Waals surface area contributed by atoms with E-state index in [1.54, 1.807) is 0 Å². The summed E-state index contributed by atoms with van der Waals surface area (Å²) in [4.78, 5) is 0. The van der Waals surface area contributed by atoms with Gasteiger partial charge >= 0.3 is 0 Å². The summed E-state index contributed by atoms with van der Waals surface area (Å²) in [5.74, 6) is 0. The van der Waals surface area contributed by atoms with Crippen molar-refractivity contribution in [3.63, 3.8) is 0 Å². The van der Waals surface area contributed by atoms with E-state index in [-0.39, 0.29) is 0 Å². The Morgan fingerprint density at radius 2 is 2.13 bits per heavy atom. The van der Waals surface area contributed by atoms with Gasteiger partial charge in [0, 0.05) is 27.3 Å². The summed E-state index contributed by atoms with van der Waals surface area (Å²) in [6.07, 6.45) is 5.82. The maximum Gasteiger partial charge on any atom is 0.0365 e. The van der Waals surface area contributed by atoms with Crippen molar-refractivity contribution in [1.29, 1.82) is 0 Å². The van der Waals surface area contributed by atoms with Gasteiger partial charge in [0.05, 0.1) is 0 Å². The second-order valence-electron chi connectivity index (χ2n) is 4.59.